The minimum Gasteiger partial charge on any atom is -0.456 e. The third-order valence-corrected chi connectivity index (χ3v) is 23.2. The van der Waals surface area contributed by atoms with E-state index in [2.05, 4.69) is 606 Å². The van der Waals surface area contributed by atoms with Crippen molar-refractivity contribution in [2.75, 3.05) is 0 Å². The molecule has 16 aromatic carbocycles. The van der Waals surface area contributed by atoms with Crippen molar-refractivity contribution in [3.63, 3.8) is 0 Å². The van der Waals surface area contributed by atoms with Gasteiger partial charge in [0.15, 0.2) is 0 Å². The number of nitrogens with zero attached hydrogens (tertiary/aromatic N) is 2. The summed E-state index contributed by atoms with van der Waals surface area (Å²) in [5.74, 6) is 0. The molecule has 5 aromatic heterocycles. The molecule has 0 saturated carbocycles. The zero-order valence-electron chi connectivity index (χ0n) is 92.7. The predicted octanol–water partition coefficient (Wildman–Crippen LogP) is 43.5. The van der Waals surface area contributed by atoms with Crippen molar-refractivity contribution in [1.82, 2.24) is 9.13 Å². The maximum atomic E-state index is 5.86. The van der Waals surface area contributed by atoms with Crippen molar-refractivity contribution in [3.8, 4) is 27.9 Å². The number of rotatable bonds is 4. The average molecular weight is 1940 g/mol. The molecule has 0 fully saturated rings. The van der Waals surface area contributed by atoms with E-state index in [1.807, 2.05) is 46.4 Å². The first-order chi connectivity index (χ1) is 67.9. The first-order valence-corrected chi connectivity index (χ1v) is 53.3. The molecule has 0 atom stereocenters. The van der Waals surface area contributed by atoms with Crippen LogP contribution in [0.3, 0.4) is 0 Å². The van der Waals surface area contributed by atoms with E-state index in [4.69, 9.17) is 4.42 Å². The summed E-state index contributed by atoms with van der Waals surface area (Å²) >= 11 is 3.57. The number of hydrogen-bond donors (Lipinski definition) is 0. The summed E-state index contributed by atoms with van der Waals surface area (Å²) in [6.45, 7) is 69.1. The second kappa shape index (κ2) is 50.6. The molecule has 23 rings (SSSR count). The molecule has 0 N–H and O–H groups in total. The van der Waals surface area contributed by atoms with Crippen molar-refractivity contribution in [2.24, 2.45) is 37.9 Å². The van der Waals surface area contributed by atoms with Crippen LogP contribution in [0.1, 0.15) is 248 Å². The number of furan rings is 1. The molecule has 21 aromatic rings. The van der Waals surface area contributed by atoms with Crippen molar-refractivity contribution < 1.29 is 4.42 Å². The lowest BCUT2D eigenvalue weighted by atomic mass is 9.68. The highest BCUT2D eigenvalue weighted by molar-refractivity contribution is 7.25. The van der Waals surface area contributed by atoms with Crippen LogP contribution in [0.25, 0.3) is 124 Å². The molecule has 0 spiro atoms. The Balaban J connectivity index is 0.000000166. The standard InChI is InChI=1S/C25H18.C18H13N.C16H10O.C15H14.C14H13N.C12H8S.7C5H12.C4H4S/c1-3-11-19(12-4-1)25(20-13-5-2-6-14-20)23-17-9-7-15-21(23)22-16-8-10-18-24(22)25;1-2-8-14(9-3-1)19-17-12-6-4-10-15(17)16-11-5-7-13-18(16)19;1-2-6-12-11(5-1)9-10-15-16(12)13-7-3-4-8-14(13)17-15;1-15(2)13-9-5-3-7-11(13)12-8-4-6-10-14(12)15;1-2-15-13-9-5-3-7-11(13)12-8-4-6-10-14(12)15;1-3-7-11-9(5-1)10-6-2-4-8-12(10)13-11;7*1-5(2,3)4;1-2-4-5-3-1/h1-18H;1-13H;1-10H;3-10H,1-2H3;3-10H,2H2,1H3;1-8H;7*1-4H3;1-4H. The lowest BCUT2D eigenvalue weighted by molar-refractivity contribution is 0.469. The summed E-state index contributed by atoms with van der Waals surface area (Å²) in [6, 6.07) is 144. The lowest BCUT2D eigenvalue weighted by Crippen LogP contribution is -2.28. The molecule has 0 radical (unpaired) electrons. The number of thiophene rings is 2. The molecule has 0 aliphatic heterocycles. The Bertz CT molecular complexity index is 7010. The van der Waals surface area contributed by atoms with Gasteiger partial charge in [0.25, 0.3) is 0 Å². The van der Waals surface area contributed by atoms with E-state index in [0.717, 1.165) is 17.7 Å². The molecular weight excluding hydrogens is 1780 g/mol. The number of para-hydroxylation sites is 6. The summed E-state index contributed by atoms with van der Waals surface area (Å²) in [5.41, 5.74) is 25.5. The third kappa shape index (κ3) is 33.6. The van der Waals surface area contributed by atoms with Crippen molar-refractivity contribution >= 4 is 119 Å². The van der Waals surface area contributed by atoms with Gasteiger partial charge in [-0.15, -0.1) is 11.3 Å². The van der Waals surface area contributed by atoms with Gasteiger partial charge >= 0.3 is 0 Å². The molecule has 0 unspecified atom stereocenters. The fourth-order valence-electron chi connectivity index (χ4n) is 16.6. The molecule has 2 aliphatic carbocycles. The summed E-state index contributed by atoms with van der Waals surface area (Å²) in [6.07, 6.45) is 0. The topological polar surface area (TPSA) is 23.0 Å². The smallest absolute Gasteiger partial charge is 0.136 e. The highest BCUT2D eigenvalue weighted by Gasteiger charge is 2.46. The zero-order chi connectivity index (χ0) is 105. The average Bonchev–Trinajstić information content (AvgIpc) is 1.54. The van der Waals surface area contributed by atoms with Crippen LogP contribution in [-0.4, -0.2) is 9.13 Å². The monoisotopic (exact) mass is 1940 g/mol. The van der Waals surface area contributed by atoms with Gasteiger partial charge in [0.05, 0.1) is 16.4 Å². The first-order valence-electron chi connectivity index (χ1n) is 51.5. The quantitative estimate of drug-likeness (QED) is 0.172. The summed E-state index contributed by atoms with van der Waals surface area (Å²) in [7, 11) is 0. The molecule has 748 valence electrons. The van der Waals surface area contributed by atoms with E-state index in [-0.39, 0.29) is 10.8 Å². The van der Waals surface area contributed by atoms with E-state index in [1.54, 1.807) is 11.3 Å². The van der Waals surface area contributed by atoms with Crippen LogP contribution in [0.4, 0.5) is 0 Å². The van der Waals surface area contributed by atoms with Gasteiger partial charge in [-0.05, 0) is 183 Å². The van der Waals surface area contributed by atoms with Crippen LogP contribution in [0.5, 0.6) is 0 Å². The molecule has 0 saturated heterocycles. The van der Waals surface area contributed by atoms with E-state index in [0.29, 0.717) is 37.9 Å². The van der Waals surface area contributed by atoms with Gasteiger partial charge < -0.3 is 13.6 Å². The lowest BCUT2D eigenvalue weighted by Gasteiger charge is -2.33. The van der Waals surface area contributed by atoms with Gasteiger partial charge in [-0.1, -0.05) is 553 Å². The molecule has 0 amide bonds. The number of aromatic nitrogens is 2. The molecular formula is C139H164N2OS2. The largest absolute Gasteiger partial charge is 0.456 e. The minimum absolute atomic E-state index is 0.160. The highest BCUT2D eigenvalue weighted by atomic mass is 32.1. The van der Waals surface area contributed by atoms with Gasteiger partial charge in [-0.3, -0.25) is 0 Å². The van der Waals surface area contributed by atoms with E-state index < -0.39 is 0 Å². The SMILES string of the molecule is CC(C)(C)C.CC(C)(C)C.CC(C)(C)C.CC(C)(C)C.CC(C)(C)C.CC(C)(C)C.CC(C)(C)C.CC1(C)c2ccccc2-c2ccccc21.CCn1c2ccccc2c2ccccc21.c1ccc(-n2c3ccccc3c3ccccc32)cc1.c1ccc(C2(c3ccccc3)c3ccccc3-c3ccccc32)cc1.c1ccc2c(c1)ccc1oc3ccccc3c12.c1ccc2c(c1)sc1ccccc12.c1ccsc1. The Kier molecular flexibility index (Phi) is 39.7. The fourth-order valence-corrected chi connectivity index (χ4v) is 18.1. The van der Waals surface area contributed by atoms with E-state index in [9.17, 15) is 0 Å². The third-order valence-electron chi connectivity index (χ3n) is 21.4. The maximum absolute atomic E-state index is 5.86. The van der Waals surface area contributed by atoms with Crippen LogP contribution in [0.2, 0.25) is 0 Å². The van der Waals surface area contributed by atoms with E-state index in [1.165, 1.54) is 147 Å². The summed E-state index contributed by atoms with van der Waals surface area (Å²) in [5, 5.41) is 17.1. The maximum Gasteiger partial charge on any atom is 0.136 e. The van der Waals surface area contributed by atoms with Gasteiger partial charge in [0, 0.05) is 81.2 Å². The Labute approximate surface area is 874 Å². The molecule has 2 aliphatic rings. The number of aryl methyl sites for hydroxylation is 1. The second-order valence-electron chi connectivity index (χ2n) is 48.9. The molecule has 144 heavy (non-hydrogen) atoms. The van der Waals surface area contributed by atoms with Gasteiger partial charge in [-0.2, -0.15) is 11.3 Å². The van der Waals surface area contributed by atoms with E-state index >= 15 is 0 Å². The Morgan fingerprint density at radius 2 is 0.507 bits per heavy atom. The van der Waals surface area contributed by atoms with Crippen molar-refractivity contribution in [2.45, 2.75) is 232 Å². The molecule has 5 heteroatoms. The summed E-state index contributed by atoms with van der Waals surface area (Å²) < 4.78 is 13.3. The van der Waals surface area contributed by atoms with Crippen LogP contribution < -0.4 is 0 Å². The second-order valence-corrected chi connectivity index (χ2v) is 50.8. The number of benzene rings is 16. The normalized spacial score (nSPS) is 12.3. The Morgan fingerprint density at radius 3 is 0.861 bits per heavy atom. The van der Waals surface area contributed by atoms with Gasteiger partial charge in [-0.25, -0.2) is 0 Å². The predicted molar refractivity (Wildman–Crippen MR) is 644 cm³/mol. The first kappa shape index (κ1) is 113. The Hall–Kier alpha value is -12.9. The van der Waals surface area contributed by atoms with Gasteiger partial charge in [0.1, 0.15) is 11.2 Å². The summed E-state index contributed by atoms with van der Waals surface area (Å²) in [4.78, 5) is 0. The highest BCUT2D eigenvalue weighted by Crippen LogP contribution is 2.56. The number of hydrogen-bond acceptors (Lipinski definition) is 3. The fraction of sp³-hybridized carbons (Fsp3) is 0.295. The molecule has 3 nitrogen and oxygen atoms in total. The van der Waals surface area contributed by atoms with Crippen LogP contribution in [0.15, 0.2) is 422 Å². The molecule has 5 heterocycles. The van der Waals surface area contributed by atoms with Crippen molar-refractivity contribution in [1.29, 1.82) is 0 Å². The van der Waals surface area contributed by atoms with Gasteiger partial charge in [0.2, 0.25) is 0 Å². The molecule has 0 bridgehead atoms. The van der Waals surface area contributed by atoms with Crippen LogP contribution in [-0.2, 0) is 17.4 Å². The van der Waals surface area contributed by atoms with Crippen molar-refractivity contribution in [3.05, 3.63) is 451 Å². The van der Waals surface area contributed by atoms with Crippen LogP contribution in [0, 0.1) is 37.9 Å². The van der Waals surface area contributed by atoms with Crippen LogP contribution >= 0.6 is 22.7 Å². The number of fused-ring (bicyclic) bond motifs is 20. The Morgan fingerprint density at radius 1 is 0.236 bits per heavy atom. The zero-order valence-corrected chi connectivity index (χ0v) is 94.3. The minimum atomic E-state index is -0.254.